The quantitative estimate of drug-likeness (QED) is 0.225. The Morgan fingerprint density at radius 2 is 1.07 bits per heavy atom. The van der Waals surface area contributed by atoms with Crippen molar-refractivity contribution in [2.45, 2.75) is 19.3 Å². The van der Waals surface area contributed by atoms with Crippen molar-refractivity contribution in [2.75, 3.05) is 5.32 Å². The molecule has 1 aliphatic rings. The zero-order chi connectivity index (χ0) is 30.1. The first-order chi connectivity index (χ1) is 22.0. The summed E-state index contributed by atoms with van der Waals surface area (Å²) in [6.07, 6.45) is 0. The van der Waals surface area contributed by atoms with Gasteiger partial charge >= 0.3 is 0 Å². The van der Waals surface area contributed by atoms with E-state index in [0.717, 1.165) is 49.8 Å². The van der Waals surface area contributed by atoms with E-state index >= 15 is 0 Å². The van der Waals surface area contributed by atoms with Crippen molar-refractivity contribution in [3.8, 4) is 33.4 Å². The molecule has 45 heavy (non-hydrogen) atoms. The minimum Gasteiger partial charge on any atom is -0.455 e. The van der Waals surface area contributed by atoms with Gasteiger partial charge in [-0.3, -0.25) is 0 Å². The second kappa shape index (κ2) is 9.70. The molecule has 0 atom stereocenters. The molecule has 0 saturated carbocycles. The summed E-state index contributed by atoms with van der Waals surface area (Å²) < 4.78 is 6.56. The minimum absolute atomic E-state index is 0.0290. The van der Waals surface area contributed by atoms with E-state index in [2.05, 4.69) is 165 Å². The Bertz CT molecular complexity index is 2410. The van der Waals surface area contributed by atoms with Crippen LogP contribution in [-0.4, -0.2) is 0 Å². The molecule has 0 unspecified atom stereocenters. The van der Waals surface area contributed by atoms with Gasteiger partial charge in [-0.2, -0.15) is 0 Å². The molecule has 1 aromatic heterocycles. The summed E-state index contributed by atoms with van der Waals surface area (Å²) in [6, 6.07) is 52.3. The van der Waals surface area contributed by atoms with E-state index in [4.69, 9.17) is 4.42 Å². The molecule has 2 nitrogen and oxygen atoms in total. The van der Waals surface area contributed by atoms with E-state index in [1.54, 1.807) is 0 Å². The van der Waals surface area contributed by atoms with Crippen molar-refractivity contribution in [1.29, 1.82) is 0 Å². The zero-order valence-corrected chi connectivity index (χ0v) is 25.3. The largest absolute Gasteiger partial charge is 0.455 e. The summed E-state index contributed by atoms with van der Waals surface area (Å²) in [6.45, 7) is 4.65. The number of anilines is 2. The number of fused-ring (bicyclic) bond motifs is 8. The second-order valence-electron chi connectivity index (χ2n) is 12.7. The van der Waals surface area contributed by atoms with Crippen molar-refractivity contribution >= 4 is 44.1 Å². The van der Waals surface area contributed by atoms with Gasteiger partial charge in [-0.1, -0.05) is 123 Å². The number of rotatable bonds is 4. The van der Waals surface area contributed by atoms with Gasteiger partial charge in [0, 0.05) is 38.5 Å². The van der Waals surface area contributed by atoms with Crippen LogP contribution in [-0.2, 0) is 5.41 Å². The molecule has 1 N–H and O–H groups in total. The van der Waals surface area contributed by atoms with Crippen molar-refractivity contribution < 1.29 is 4.42 Å². The Labute approximate surface area is 262 Å². The number of hydrogen-bond acceptors (Lipinski definition) is 2. The van der Waals surface area contributed by atoms with E-state index in [1.807, 2.05) is 0 Å². The molecule has 214 valence electrons. The Morgan fingerprint density at radius 1 is 0.444 bits per heavy atom. The lowest BCUT2D eigenvalue weighted by Gasteiger charge is -2.21. The highest BCUT2D eigenvalue weighted by atomic mass is 16.3. The highest BCUT2D eigenvalue weighted by molar-refractivity contribution is 6.17. The Hall–Kier alpha value is -5.60. The van der Waals surface area contributed by atoms with Crippen LogP contribution in [0, 0.1) is 0 Å². The molecule has 2 heteroatoms. The topological polar surface area (TPSA) is 25.2 Å². The highest BCUT2D eigenvalue weighted by Gasteiger charge is 2.35. The van der Waals surface area contributed by atoms with Crippen LogP contribution in [0.3, 0.4) is 0 Å². The van der Waals surface area contributed by atoms with Gasteiger partial charge in [0.15, 0.2) is 0 Å². The van der Waals surface area contributed by atoms with E-state index in [1.165, 1.54) is 38.8 Å². The number of furan rings is 1. The molecule has 0 spiro atoms. The first-order valence-electron chi connectivity index (χ1n) is 15.6. The summed E-state index contributed by atoms with van der Waals surface area (Å²) in [7, 11) is 0. The first kappa shape index (κ1) is 25.9. The molecule has 1 aliphatic carbocycles. The smallest absolute Gasteiger partial charge is 0.143 e. The summed E-state index contributed by atoms with van der Waals surface area (Å²) in [5.74, 6) is 0. The zero-order valence-electron chi connectivity index (χ0n) is 25.3. The lowest BCUT2D eigenvalue weighted by Crippen LogP contribution is -2.14. The van der Waals surface area contributed by atoms with Gasteiger partial charge < -0.3 is 9.73 Å². The maximum Gasteiger partial charge on any atom is 0.143 e. The molecule has 8 aromatic rings. The predicted molar refractivity (Wildman–Crippen MR) is 189 cm³/mol. The van der Waals surface area contributed by atoms with E-state index in [0.29, 0.717) is 0 Å². The standard InChI is InChI=1S/C43H31NO/c1-43(2)39-13-6-5-10-35(39)38-26-30(19-25-40(38)43)27-14-20-31(21-15-27)44-32-22-16-29(17-23-32)34-11-7-12-36-37-24-18-28-8-3-4-9-33(28)42(37)45-41(34)36/h3-26,44H,1-2H3. The van der Waals surface area contributed by atoms with Crippen LogP contribution < -0.4 is 5.32 Å². The average Bonchev–Trinajstić information content (AvgIpc) is 3.58. The van der Waals surface area contributed by atoms with Gasteiger partial charge in [-0.25, -0.2) is 0 Å². The molecule has 0 aliphatic heterocycles. The van der Waals surface area contributed by atoms with Crippen LogP contribution >= 0.6 is 0 Å². The third-order valence-electron chi connectivity index (χ3n) is 9.68. The number of benzene rings is 7. The molecule has 0 amide bonds. The van der Waals surface area contributed by atoms with Crippen molar-refractivity contribution in [3.63, 3.8) is 0 Å². The van der Waals surface area contributed by atoms with E-state index in [9.17, 15) is 0 Å². The van der Waals surface area contributed by atoms with Gasteiger partial charge in [0.1, 0.15) is 11.2 Å². The van der Waals surface area contributed by atoms with Gasteiger partial charge in [0.05, 0.1) is 0 Å². The SMILES string of the molecule is CC1(C)c2ccccc2-c2cc(-c3ccc(Nc4ccc(-c5cccc6c5oc5c7ccccc7ccc65)cc4)cc3)ccc21. The van der Waals surface area contributed by atoms with Crippen LogP contribution in [0.5, 0.6) is 0 Å². The molecule has 0 radical (unpaired) electrons. The lowest BCUT2D eigenvalue weighted by molar-refractivity contribution is 0.660. The van der Waals surface area contributed by atoms with Gasteiger partial charge in [0.2, 0.25) is 0 Å². The van der Waals surface area contributed by atoms with Gasteiger partial charge in [0.25, 0.3) is 0 Å². The fraction of sp³-hybridized carbons (Fsp3) is 0.0698. The third kappa shape index (κ3) is 4.03. The minimum atomic E-state index is 0.0290. The Kier molecular flexibility index (Phi) is 5.58. The molecule has 0 fully saturated rings. The van der Waals surface area contributed by atoms with Crippen LogP contribution in [0.25, 0.3) is 66.1 Å². The van der Waals surface area contributed by atoms with E-state index < -0.39 is 0 Å². The molecule has 9 rings (SSSR count). The van der Waals surface area contributed by atoms with Crippen LogP contribution in [0.2, 0.25) is 0 Å². The summed E-state index contributed by atoms with van der Waals surface area (Å²) in [5.41, 5.74) is 14.2. The van der Waals surface area contributed by atoms with Crippen molar-refractivity contribution in [3.05, 3.63) is 157 Å². The van der Waals surface area contributed by atoms with Crippen LogP contribution in [0.1, 0.15) is 25.0 Å². The van der Waals surface area contributed by atoms with Gasteiger partial charge in [-0.15, -0.1) is 0 Å². The summed E-state index contributed by atoms with van der Waals surface area (Å²) in [5, 5.41) is 8.22. The van der Waals surface area contributed by atoms with Crippen LogP contribution in [0.15, 0.2) is 150 Å². The highest BCUT2D eigenvalue weighted by Crippen LogP contribution is 2.49. The molecule has 0 saturated heterocycles. The lowest BCUT2D eigenvalue weighted by atomic mass is 9.82. The van der Waals surface area contributed by atoms with Crippen molar-refractivity contribution in [1.82, 2.24) is 0 Å². The number of nitrogens with one attached hydrogen (secondary N) is 1. The Morgan fingerprint density at radius 3 is 1.89 bits per heavy atom. The average molecular weight is 578 g/mol. The summed E-state index contributed by atoms with van der Waals surface area (Å²) >= 11 is 0. The predicted octanol–water partition coefficient (Wildman–Crippen LogP) is 12.1. The molecular formula is C43H31NO. The van der Waals surface area contributed by atoms with Crippen LogP contribution in [0.4, 0.5) is 11.4 Å². The molecule has 1 heterocycles. The number of para-hydroxylation sites is 1. The van der Waals surface area contributed by atoms with Gasteiger partial charge in [-0.05, 0) is 80.7 Å². The maximum atomic E-state index is 6.56. The maximum absolute atomic E-state index is 6.56. The Balaban J connectivity index is 0.985. The fourth-order valence-electron chi connectivity index (χ4n) is 7.30. The molecular weight excluding hydrogens is 546 g/mol. The molecule has 0 bridgehead atoms. The monoisotopic (exact) mass is 577 g/mol. The number of hydrogen-bond donors (Lipinski definition) is 1. The summed E-state index contributed by atoms with van der Waals surface area (Å²) in [4.78, 5) is 0. The second-order valence-corrected chi connectivity index (χ2v) is 12.7. The first-order valence-corrected chi connectivity index (χ1v) is 15.6. The molecule has 7 aromatic carbocycles. The fourth-order valence-corrected chi connectivity index (χ4v) is 7.30. The normalized spacial score (nSPS) is 13.3. The van der Waals surface area contributed by atoms with E-state index in [-0.39, 0.29) is 5.41 Å². The third-order valence-corrected chi connectivity index (χ3v) is 9.68. The van der Waals surface area contributed by atoms with Crippen molar-refractivity contribution in [2.24, 2.45) is 0 Å².